The maximum absolute atomic E-state index is 11.0. The van der Waals surface area contributed by atoms with E-state index in [1.807, 2.05) is 0 Å². The van der Waals surface area contributed by atoms with Crippen molar-refractivity contribution in [3.8, 4) is 0 Å². The van der Waals surface area contributed by atoms with Gasteiger partial charge < -0.3 is 10.2 Å². The van der Waals surface area contributed by atoms with Gasteiger partial charge in [-0.1, -0.05) is 0 Å². The number of hydrogen-bond donors (Lipinski definition) is 2. The molecule has 0 amide bonds. The minimum Gasteiger partial charge on any atom is -0.481 e. The molecule has 0 bridgehead atoms. The molecule has 104 valence electrons. The van der Waals surface area contributed by atoms with Crippen molar-refractivity contribution in [2.75, 3.05) is 13.1 Å². The molecule has 0 radical (unpaired) electrons. The average Bonchev–Trinajstić information content (AvgIpc) is 2.76. The number of nitrogens with zero attached hydrogens (tertiary/aromatic N) is 2. The van der Waals surface area contributed by atoms with Crippen LogP contribution in [0.4, 0.5) is 0 Å². The summed E-state index contributed by atoms with van der Waals surface area (Å²) in [5.41, 5.74) is 2.24. The Morgan fingerprint density at radius 3 is 2.95 bits per heavy atom. The number of aliphatic carboxylic acids is 2. The van der Waals surface area contributed by atoms with E-state index in [1.54, 1.807) is 5.51 Å². The zero-order valence-electron chi connectivity index (χ0n) is 10.4. The highest BCUT2D eigenvalue weighted by Crippen LogP contribution is 2.22. The van der Waals surface area contributed by atoms with Gasteiger partial charge in [-0.3, -0.25) is 14.5 Å². The minimum absolute atomic E-state index is 0.0744. The van der Waals surface area contributed by atoms with Gasteiger partial charge in [-0.2, -0.15) is 0 Å². The lowest BCUT2D eigenvalue weighted by Gasteiger charge is -2.30. The van der Waals surface area contributed by atoms with E-state index >= 15 is 0 Å². The van der Waals surface area contributed by atoms with Crippen molar-refractivity contribution in [1.29, 1.82) is 0 Å². The second-order valence-electron chi connectivity index (χ2n) is 4.71. The Morgan fingerprint density at radius 2 is 2.26 bits per heavy atom. The number of likely N-dealkylation sites (tertiary alicyclic amines) is 1. The van der Waals surface area contributed by atoms with Crippen molar-refractivity contribution < 1.29 is 19.8 Å². The lowest BCUT2D eigenvalue weighted by molar-refractivity contribution is -0.143. The van der Waals surface area contributed by atoms with Crippen molar-refractivity contribution in [3.05, 3.63) is 16.1 Å². The van der Waals surface area contributed by atoms with Crippen LogP contribution >= 0.6 is 11.3 Å². The largest absolute Gasteiger partial charge is 0.481 e. The second kappa shape index (κ2) is 6.12. The number of carboxylic acid groups (broad SMARTS) is 2. The molecule has 1 aromatic heterocycles. The van der Waals surface area contributed by atoms with Crippen LogP contribution in [0.5, 0.6) is 0 Å². The van der Waals surface area contributed by atoms with Crippen LogP contribution in [0, 0.1) is 5.92 Å². The quantitative estimate of drug-likeness (QED) is 0.840. The van der Waals surface area contributed by atoms with Crippen molar-refractivity contribution in [3.63, 3.8) is 0 Å². The molecule has 1 saturated heterocycles. The number of carboxylic acids is 2. The molecule has 7 heteroatoms. The van der Waals surface area contributed by atoms with Gasteiger partial charge in [0, 0.05) is 18.0 Å². The van der Waals surface area contributed by atoms with E-state index in [2.05, 4.69) is 9.88 Å². The molecular weight excluding hydrogens is 268 g/mol. The topological polar surface area (TPSA) is 90.7 Å². The monoisotopic (exact) mass is 284 g/mol. The van der Waals surface area contributed by atoms with E-state index in [-0.39, 0.29) is 12.3 Å². The van der Waals surface area contributed by atoms with E-state index in [4.69, 9.17) is 10.2 Å². The van der Waals surface area contributed by atoms with Crippen molar-refractivity contribution in [1.82, 2.24) is 9.88 Å². The highest BCUT2D eigenvalue weighted by atomic mass is 32.1. The molecular formula is C12H16N2O4S. The summed E-state index contributed by atoms with van der Waals surface area (Å²) in [4.78, 5) is 28.8. The highest BCUT2D eigenvalue weighted by Gasteiger charge is 2.26. The normalized spacial score (nSPS) is 20.3. The van der Waals surface area contributed by atoms with E-state index in [0.717, 1.165) is 24.3 Å². The van der Waals surface area contributed by atoms with Crippen molar-refractivity contribution in [2.45, 2.75) is 25.8 Å². The molecule has 0 spiro atoms. The number of thiazole rings is 1. The Morgan fingerprint density at radius 1 is 1.47 bits per heavy atom. The molecule has 1 aliphatic rings. The van der Waals surface area contributed by atoms with Crippen LogP contribution in [-0.2, 0) is 22.6 Å². The fourth-order valence-corrected chi connectivity index (χ4v) is 3.14. The van der Waals surface area contributed by atoms with Crippen molar-refractivity contribution >= 4 is 23.3 Å². The van der Waals surface area contributed by atoms with Gasteiger partial charge in [0.05, 0.1) is 23.5 Å². The third-order valence-corrected chi connectivity index (χ3v) is 4.13. The average molecular weight is 284 g/mol. The molecule has 1 aromatic rings. The van der Waals surface area contributed by atoms with Crippen LogP contribution in [0.3, 0.4) is 0 Å². The number of piperidine rings is 1. The maximum atomic E-state index is 11.0. The zero-order valence-corrected chi connectivity index (χ0v) is 11.2. The molecule has 2 rings (SSSR count). The van der Waals surface area contributed by atoms with Crippen LogP contribution < -0.4 is 0 Å². The smallest absolute Gasteiger partial charge is 0.309 e. The highest BCUT2D eigenvalue weighted by molar-refractivity contribution is 7.09. The number of rotatable bonds is 5. The summed E-state index contributed by atoms with van der Waals surface area (Å²) in [5.74, 6) is -1.96. The molecule has 1 fully saturated rings. The lowest BCUT2D eigenvalue weighted by atomic mass is 9.98. The summed E-state index contributed by atoms with van der Waals surface area (Å²) in [6, 6.07) is 0. The van der Waals surface area contributed by atoms with Gasteiger partial charge in [0.1, 0.15) is 0 Å². The first-order chi connectivity index (χ1) is 9.06. The molecule has 2 N–H and O–H groups in total. The number of hydrogen-bond acceptors (Lipinski definition) is 5. The van der Waals surface area contributed by atoms with Gasteiger partial charge in [0.2, 0.25) is 0 Å². The van der Waals surface area contributed by atoms with Gasteiger partial charge in [0.25, 0.3) is 0 Å². The number of carbonyl (C=O) groups is 2. The SMILES string of the molecule is O=C(O)Cc1ncsc1CN1CCCC(C(=O)O)C1. The fourth-order valence-electron chi connectivity index (χ4n) is 2.31. The van der Waals surface area contributed by atoms with Gasteiger partial charge in [-0.15, -0.1) is 11.3 Å². The number of aromatic nitrogens is 1. The Balaban J connectivity index is 1.99. The first kappa shape index (κ1) is 14.0. The molecule has 6 nitrogen and oxygen atoms in total. The summed E-state index contributed by atoms with van der Waals surface area (Å²) in [5, 5.41) is 17.8. The van der Waals surface area contributed by atoms with Gasteiger partial charge >= 0.3 is 11.9 Å². The van der Waals surface area contributed by atoms with Gasteiger partial charge in [-0.05, 0) is 19.4 Å². The fraction of sp³-hybridized carbons (Fsp3) is 0.583. The third-order valence-electron chi connectivity index (χ3n) is 3.27. The summed E-state index contributed by atoms with van der Waals surface area (Å²) in [6.07, 6.45) is 1.51. The van der Waals surface area contributed by atoms with Crippen molar-refractivity contribution in [2.24, 2.45) is 5.92 Å². The molecule has 0 saturated carbocycles. The molecule has 19 heavy (non-hydrogen) atoms. The van der Waals surface area contributed by atoms with E-state index < -0.39 is 11.9 Å². The van der Waals surface area contributed by atoms with Gasteiger partial charge in [0.15, 0.2) is 0 Å². The van der Waals surface area contributed by atoms with E-state index in [0.29, 0.717) is 18.8 Å². The Hall–Kier alpha value is -1.47. The third kappa shape index (κ3) is 3.74. The standard InChI is InChI=1S/C12H16N2O4S/c15-11(16)4-9-10(19-7-13-9)6-14-3-1-2-8(5-14)12(17)18/h7-8H,1-6H2,(H,15,16)(H,17,18). The predicted molar refractivity (Wildman–Crippen MR) is 69.1 cm³/mol. The van der Waals surface area contributed by atoms with Crippen LogP contribution in [0.25, 0.3) is 0 Å². The maximum Gasteiger partial charge on any atom is 0.309 e. The van der Waals surface area contributed by atoms with E-state index in [1.165, 1.54) is 11.3 Å². The zero-order chi connectivity index (χ0) is 13.8. The predicted octanol–water partition coefficient (Wildman–Crippen LogP) is 1.07. The molecule has 1 unspecified atom stereocenters. The Bertz CT molecular complexity index is 474. The minimum atomic E-state index is -0.894. The first-order valence-electron chi connectivity index (χ1n) is 6.14. The summed E-state index contributed by atoms with van der Waals surface area (Å²) >= 11 is 1.43. The molecule has 1 aliphatic heterocycles. The Labute approximate surface area is 114 Å². The van der Waals surface area contributed by atoms with Gasteiger partial charge in [-0.25, -0.2) is 4.98 Å². The molecule has 2 heterocycles. The second-order valence-corrected chi connectivity index (χ2v) is 5.64. The molecule has 0 aromatic carbocycles. The summed E-state index contributed by atoms with van der Waals surface area (Å²) < 4.78 is 0. The van der Waals surface area contributed by atoms with E-state index in [9.17, 15) is 9.59 Å². The lowest BCUT2D eigenvalue weighted by Crippen LogP contribution is -2.38. The van der Waals surface area contributed by atoms with Crippen LogP contribution in [-0.4, -0.2) is 45.1 Å². The first-order valence-corrected chi connectivity index (χ1v) is 7.02. The molecule has 1 atom stereocenters. The summed E-state index contributed by atoms with van der Waals surface area (Å²) in [7, 11) is 0. The van der Waals surface area contributed by atoms with Crippen LogP contribution in [0.2, 0.25) is 0 Å². The van der Waals surface area contributed by atoms with Crippen LogP contribution in [0.1, 0.15) is 23.4 Å². The molecule has 0 aliphatic carbocycles. The summed E-state index contributed by atoms with van der Waals surface area (Å²) in [6.45, 7) is 1.98. The Kier molecular flexibility index (Phi) is 4.49. The van der Waals surface area contributed by atoms with Crippen LogP contribution in [0.15, 0.2) is 5.51 Å².